The molecular weight excluding hydrogens is 492 g/mol. The summed E-state index contributed by atoms with van der Waals surface area (Å²) in [5.41, 5.74) is 1.65. The Balaban J connectivity index is 1.40. The maximum absolute atomic E-state index is 12.7. The highest BCUT2D eigenvalue weighted by molar-refractivity contribution is 7.80. The molecule has 1 aliphatic rings. The maximum atomic E-state index is 12.7. The third kappa shape index (κ3) is 5.08. The zero-order valence-electron chi connectivity index (χ0n) is 17.7. The van der Waals surface area contributed by atoms with Crippen LogP contribution in [0, 0.1) is 10.1 Å². The fourth-order valence-electron chi connectivity index (χ4n) is 3.39. The number of carbonyl (C=O) groups is 3. The van der Waals surface area contributed by atoms with E-state index in [0.29, 0.717) is 28.1 Å². The lowest BCUT2D eigenvalue weighted by Gasteiger charge is -2.16. The second-order valence-electron chi connectivity index (χ2n) is 7.28. The smallest absolute Gasteiger partial charge is 0.270 e. The lowest BCUT2D eigenvalue weighted by atomic mass is 10.1. The Morgan fingerprint density at radius 3 is 2.31 bits per heavy atom. The largest absolute Gasteiger partial charge is 0.331 e. The van der Waals surface area contributed by atoms with Gasteiger partial charge in [0.05, 0.1) is 32.4 Å². The first-order valence-corrected chi connectivity index (χ1v) is 10.8. The Kier molecular flexibility index (Phi) is 6.67. The minimum Gasteiger partial charge on any atom is -0.331 e. The molecule has 11 heteroatoms. The summed E-state index contributed by atoms with van der Waals surface area (Å²) in [5, 5.41) is 16.2. The SMILES string of the molecule is O=C(/C=C/c1cccc([N+](=O)[O-])c1)NC(=S)Nc1ccc(N2C(=O)c3ccccc3C2=O)cc1Cl. The number of benzene rings is 3. The number of hydrogen-bond acceptors (Lipinski definition) is 6. The van der Waals surface area contributed by atoms with Crippen molar-refractivity contribution in [2.75, 3.05) is 10.2 Å². The molecule has 3 aromatic carbocycles. The van der Waals surface area contributed by atoms with Crippen molar-refractivity contribution in [1.82, 2.24) is 5.32 Å². The van der Waals surface area contributed by atoms with E-state index >= 15 is 0 Å². The molecule has 1 aliphatic heterocycles. The minimum absolute atomic E-state index is 0.0472. The van der Waals surface area contributed by atoms with Crippen LogP contribution in [0.2, 0.25) is 5.02 Å². The van der Waals surface area contributed by atoms with Crippen molar-refractivity contribution in [1.29, 1.82) is 0 Å². The second-order valence-corrected chi connectivity index (χ2v) is 8.10. The topological polar surface area (TPSA) is 122 Å². The Bertz CT molecular complexity index is 1400. The molecular formula is C24H15ClN4O5S. The van der Waals surface area contributed by atoms with Crippen molar-refractivity contribution in [2.24, 2.45) is 0 Å². The number of halogens is 1. The third-order valence-electron chi connectivity index (χ3n) is 5.00. The molecule has 0 aromatic heterocycles. The first kappa shape index (κ1) is 23.7. The van der Waals surface area contributed by atoms with Gasteiger partial charge in [0.2, 0.25) is 5.91 Å². The summed E-state index contributed by atoms with van der Waals surface area (Å²) in [4.78, 5) is 48.8. The number of non-ortho nitro benzene ring substituents is 1. The number of nitro benzene ring substituents is 1. The number of rotatable bonds is 5. The summed E-state index contributed by atoms with van der Waals surface area (Å²) in [6, 6.07) is 16.8. The molecule has 0 saturated carbocycles. The van der Waals surface area contributed by atoms with Gasteiger partial charge in [0.1, 0.15) is 0 Å². The van der Waals surface area contributed by atoms with E-state index < -0.39 is 22.6 Å². The molecule has 3 amide bonds. The molecule has 0 atom stereocenters. The van der Waals surface area contributed by atoms with Gasteiger partial charge in [-0.1, -0.05) is 35.9 Å². The van der Waals surface area contributed by atoms with Gasteiger partial charge in [-0.25, -0.2) is 4.90 Å². The van der Waals surface area contributed by atoms with Gasteiger partial charge >= 0.3 is 0 Å². The van der Waals surface area contributed by atoms with E-state index in [-0.39, 0.29) is 15.8 Å². The fourth-order valence-corrected chi connectivity index (χ4v) is 3.82. The van der Waals surface area contributed by atoms with Crippen molar-refractivity contribution < 1.29 is 19.3 Å². The van der Waals surface area contributed by atoms with E-state index in [1.54, 1.807) is 30.3 Å². The number of imide groups is 1. The van der Waals surface area contributed by atoms with E-state index in [0.717, 1.165) is 4.90 Å². The van der Waals surface area contributed by atoms with E-state index in [4.69, 9.17) is 23.8 Å². The van der Waals surface area contributed by atoms with Crippen molar-refractivity contribution >= 4 is 69.8 Å². The van der Waals surface area contributed by atoms with Gasteiger partial charge in [0.25, 0.3) is 17.5 Å². The highest BCUT2D eigenvalue weighted by Gasteiger charge is 2.36. The van der Waals surface area contributed by atoms with Crippen LogP contribution in [0.15, 0.2) is 72.8 Å². The molecule has 0 unspecified atom stereocenters. The number of nitrogens with zero attached hydrogens (tertiary/aromatic N) is 2. The van der Waals surface area contributed by atoms with Crippen molar-refractivity contribution in [3.05, 3.63) is 105 Å². The highest BCUT2D eigenvalue weighted by Crippen LogP contribution is 2.32. The third-order valence-corrected chi connectivity index (χ3v) is 5.51. The fraction of sp³-hybridized carbons (Fsp3) is 0. The number of nitrogens with one attached hydrogen (secondary N) is 2. The minimum atomic E-state index is -0.562. The molecule has 4 rings (SSSR count). The maximum Gasteiger partial charge on any atom is 0.270 e. The summed E-state index contributed by atoms with van der Waals surface area (Å²) in [6.45, 7) is 0. The van der Waals surface area contributed by atoms with E-state index in [9.17, 15) is 24.5 Å². The van der Waals surface area contributed by atoms with Crippen LogP contribution in [0.5, 0.6) is 0 Å². The summed E-state index contributed by atoms with van der Waals surface area (Å²) < 4.78 is 0. The van der Waals surface area contributed by atoms with Crippen LogP contribution in [0.3, 0.4) is 0 Å². The predicted molar refractivity (Wildman–Crippen MR) is 136 cm³/mol. The summed E-state index contributed by atoms with van der Waals surface area (Å²) >= 11 is 11.5. The molecule has 0 radical (unpaired) electrons. The number of anilines is 2. The number of thiocarbonyl (C=S) groups is 1. The summed E-state index contributed by atoms with van der Waals surface area (Å²) in [6.07, 6.45) is 2.59. The van der Waals surface area contributed by atoms with E-state index in [1.165, 1.54) is 48.6 Å². The van der Waals surface area contributed by atoms with Crippen LogP contribution in [0.1, 0.15) is 26.3 Å². The molecule has 0 saturated heterocycles. The molecule has 35 heavy (non-hydrogen) atoms. The van der Waals surface area contributed by atoms with Gasteiger partial charge in [-0.2, -0.15) is 0 Å². The first-order valence-electron chi connectivity index (χ1n) is 10.1. The molecule has 0 aliphatic carbocycles. The van der Waals surface area contributed by atoms with Crippen molar-refractivity contribution in [3.63, 3.8) is 0 Å². The Morgan fingerprint density at radius 2 is 1.69 bits per heavy atom. The van der Waals surface area contributed by atoms with Crippen LogP contribution < -0.4 is 15.5 Å². The zero-order valence-corrected chi connectivity index (χ0v) is 19.3. The molecule has 0 spiro atoms. The molecule has 1 heterocycles. The Labute approximate surface area is 209 Å². The Hall–Kier alpha value is -4.41. The van der Waals surface area contributed by atoms with Crippen LogP contribution in [-0.4, -0.2) is 27.8 Å². The van der Waals surface area contributed by atoms with Crippen molar-refractivity contribution in [2.45, 2.75) is 0 Å². The van der Waals surface area contributed by atoms with Gasteiger partial charge in [0.15, 0.2) is 5.11 Å². The average molecular weight is 507 g/mol. The quantitative estimate of drug-likeness (QED) is 0.171. The van der Waals surface area contributed by atoms with Crippen LogP contribution in [0.25, 0.3) is 6.08 Å². The lowest BCUT2D eigenvalue weighted by molar-refractivity contribution is -0.384. The van der Waals surface area contributed by atoms with Crippen LogP contribution in [-0.2, 0) is 4.79 Å². The number of carbonyl (C=O) groups excluding carboxylic acids is 3. The average Bonchev–Trinajstić information content (AvgIpc) is 3.09. The predicted octanol–water partition coefficient (Wildman–Crippen LogP) is 4.58. The van der Waals surface area contributed by atoms with Gasteiger partial charge in [-0.3, -0.25) is 29.8 Å². The lowest BCUT2D eigenvalue weighted by Crippen LogP contribution is -2.33. The number of nitro groups is 1. The van der Waals surface area contributed by atoms with Crippen LogP contribution >= 0.6 is 23.8 Å². The number of amides is 3. The summed E-state index contributed by atoms with van der Waals surface area (Å²) in [5.74, 6) is -1.45. The number of hydrogen-bond donors (Lipinski definition) is 2. The molecule has 174 valence electrons. The number of fused-ring (bicyclic) bond motifs is 1. The molecule has 9 nitrogen and oxygen atoms in total. The molecule has 3 aromatic rings. The molecule has 2 N–H and O–H groups in total. The first-order chi connectivity index (χ1) is 16.7. The molecule has 0 bridgehead atoms. The standard InChI is InChI=1S/C24H15ClN4O5S/c25-19-13-15(28-22(31)17-6-1-2-7-18(17)23(28)32)9-10-20(19)26-24(35)27-21(30)11-8-14-4-3-5-16(12-14)29(33)34/h1-13H,(H2,26,27,30,35)/b11-8+. The Morgan fingerprint density at radius 1 is 1.00 bits per heavy atom. The molecule has 0 fully saturated rings. The van der Waals surface area contributed by atoms with Gasteiger partial charge in [-0.05, 0) is 54.2 Å². The van der Waals surface area contributed by atoms with Gasteiger partial charge < -0.3 is 5.32 Å². The van der Waals surface area contributed by atoms with E-state index in [1.807, 2.05) is 0 Å². The normalized spacial score (nSPS) is 12.5. The monoisotopic (exact) mass is 506 g/mol. The van der Waals surface area contributed by atoms with E-state index in [2.05, 4.69) is 10.6 Å². The van der Waals surface area contributed by atoms with Crippen molar-refractivity contribution in [3.8, 4) is 0 Å². The summed E-state index contributed by atoms with van der Waals surface area (Å²) in [7, 11) is 0. The zero-order chi connectivity index (χ0) is 25.1. The second kappa shape index (κ2) is 9.84. The highest BCUT2D eigenvalue weighted by atomic mass is 35.5. The van der Waals surface area contributed by atoms with Crippen LogP contribution in [0.4, 0.5) is 17.1 Å². The van der Waals surface area contributed by atoms with Gasteiger partial charge in [0, 0.05) is 18.2 Å². The van der Waals surface area contributed by atoms with Gasteiger partial charge in [-0.15, -0.1) is 0 Å².